The lowest BCUT2D eigenvalue weighted by molar-refractivity contribution is 0.414. The third-order valence-electron chi connectivity index (χ3n) is 3.70. The maximum absolute atomic E-state index is 5.26. The number of hydrogen-bond donors (Lipinski definition) is 1. The Bertz CT molecular complexity index is 675. The molecule has 0 spiro atoms. The van der Waals surface area contributed by atoms with E-state index in [1.165, 1.54) is 5.56 Å². The Labute approximate surface area is 171 Å². The van der Waals surface area contributed by atoms with Crippen LogP contribution in [0.25, 0.3) is 0 Å². The molecule has 0 radical (unpaired) electrons. The molecule has 25 heavy (non-hydrogen) atoms. The molecule has 7 heteroatoms. The molecule has 0 amide bonds. The molecule has 5 nitrogen and oxygen atoms in total. The van der Waals surface area contributed by atoms with Crippen molar-refractivity contribution in [2.24, 2.45) is 4.99 Å². The van der Waals surface area contributed by atoms with Crippen LogP contribution in [0.2, 0.25) is 0 Å². The van der Waals surface area contributed by atoms with Crippen LogP contribution < -0.4 is 10.1 Å². The van der Waals surface area contributed by atoms with Crippen LogP contribution in [0, 0.1) is 6.92 Å². The maximum Gasteiger partial charge on any atom is 0.193 e. The molecule has 138 valence electrons. The van der Waals surface area contributed by atoms with Crippen molar-refractivity contribution >= 4 is 41.3 Å². The number of thiazole rings is 1. The smallest absolute Gasteiger partial charge is 0.193 e. The number of benzene rings is 1. The second-order valence-corrected chi connectivity index (χ2v) is 6.71. The van der Waals surface area contributed by atoms with E-state index in [0.29, 0.717) is 0 Å². The summed E-state index contributed by atoms with van der Waals surface area (Å²) in [6.45, 7) is 3.67. The summed E-state index contributed by atoms with van der Waals surface area (Å²) >= 11 is 1.68. The number of aryl methyl sites for hydroxylation is 2. The summed E-state index contributed by atoms with van der Waals surface area (Å²) in [5.74, 6) is 1.81. The van der Waals surface area contributed by atoms with Crippen LogP contribution in [0.1, 0.15) is 22.7 Å². The SMILES string of the molecule is CN=C(NCCCc1cccc(OC)c1)N(C)Cc1csc(C)n1.I. The number of guanidine groups is 1. The molecule has 1 aromatic heterocycles. The predicted octanol–water partition coefficient (Wildman–Crippen LogP) is 3.72. The average Bonchev–Trinajstić information content (AvgIpc) is 2.99. The molecule has 0 fully saturated rings. The molecular weight excluding hydrogens is 447 g/mol. The molecule has 1 heterocycles. The van der Waals surface area contributed by atoms with Gasteiger partial charge in [0.05, 0.1) is 24.4 Å². The van der Waals surface area contributed by atoms with Gasteiger partial charge in [0.1, 0.15) is 5.75 Å². The molecule has 0 aliphatic rings. The Morgan fingerprint density at radius 2 is 2.20 bits per heavy atom. The lowest BCUT2D eigenvalue weighted by Gasteiger charge is -2.21. The first-order valence-electron chi connectivity index (χ1n) is 8.08. The quantitative estimate of drug-likeness (QED) is 0.288. The predicted molar refractivity (Wildman–Crippen MR) is 116 cm³/mol. The van der Waals surface area contributed by atoms with E-state index in [4.69, 9.17) is 4.74 Å². The van der Waals surface area contributed by atoms with Crippen molar-refractivity contribution < 1.29 is 4.74 Å². The fraction of sp³-hybridized carbons (Fsp3) is 0.444. The van der Waals surface area contributed by atoms with Crippen molar-refractivity contribution in [1.82, 2.24) is 15.2 Å². The normalized spacial score (nSPS) is 11.0. The third-order valence-corrected chi connectivity index (χ3v) is 4.52. The lowest BCUT2D eigenvalue weighted by atomic mass is 10.1. The van der Waals surface area contributed by atoms with Crippen molar-refractivity contribution in [2.75, 3.05) is 27.7 Å². The van der Waals surface area contributed by atoms with Gasteiger partial charge in [0.25, 0.3) is 0 Å². The van der Waals surface area contributed by atoms with Gasteiger partial charge in [0.2, 0.25) is 0 Å². The number of rotatable bonds is 7. The number of nitrogens with zero attached hydrogens (tertiary/aromatic N) is 3. The molecule has 0 saturated heterocycles. The Morgan fingerprint density at radius 3 is 2.84 bits per heavy atom. The molecule has 0 unspecified atom stereocenters. The number of aliphatic imine (C=N–C) groups is 1. The molecule has 0 atom stereocenters. The summed E-state index contributed by atoms with van der Waals surface area (Å²) in [6, 6.07) is 8.22. The first kappa shape index (κ1) is 21.7. The Morgan fingerprint density at radius 1 is 1.40 bits per heavy atom. The fourth-order valence-electron chi connectivity index (χ4n) is 2.50. The van der Waals surface area contributed by atoms with Gasteiger partial charge >= 0.3 is 0 Å². The summed E-state index contributed by atoms with van der Waals surface area (Å²) < 4.78 is 5.26. The molecule has 1 aromatic carbocycles. The van der Waals surface area contributed by atoms with Crippen molar-refractivity contribution in [3.05, 3.63) is 45.9 Å². The highest BCUT2D eigenvalue weighted by molar-refractivity contribution is 14.0. The van der Waals surface area contributed by atoms with Gasteiger partial charge in [-0.05, 0) is 37.5 Å². The first-order chi connectivity index (χ1) is 11.6. The monoisotopic (exact) mass is 474 g/mol. The van der Waals surface area contributed by atoms with Crippen LogP contribution >= 0.6 is 35.3 Å². The number of hydrogen-bond acceptors (Lipinski definition) is 4. The molecule has 2 aromatic rings. The topological polar surface area (TPSA) is 49.8 Å². The van der Waals surface area contributed by atoms with E-state index in [9.17, 15) is 0 Å². The molecule has 0 aliphatic carbocycles. The minimum Gasteiger partial charge on any atom is -0.497 e. The summed E-state index contributed by atoms with van der Waals surface area (Å²) in [7, 11) is 5.55. The summed E-state index contributed by atoms with van der Waals surface area (Å²) in [6.07, 6.45) is 2.05. The zero-order valence-electron chi connectivity index (χ0n) is 15.3. The number of aromatic nitrogens is 1. The van der Waals surface area contributed by atoms with Crippen molar-refractivity contribution in [2.45, 2.75) is 26.3 Å². The average molecular weight is 474 g/mol. The van der Waals surface area contributed by atoms with E-state index < -0.39 is 0 Å². The fourth-order valence-corrected chi connectivity index (χ4v) is 3.11. The van der Waals surface area contributed by atoms with E-state index in [1.807, 2.05) is 33.2 Å². The highest BCUT2D eigenvalue weighted by Gasteiger charge is 2.08. The van der Waals surface area contributed by atoms with E-state index >= 15 is 0 Å². The Kier molecular flexibility index (Phi) is 9.81. The highest BCUT2D eigenvalue weighted by Crippen LogP contribution is 2.13. The zero-order valence-corrected chi connectivity index (χ0v) is 18.4. The van der Waals surface area contributed by atoms with Crippen molar-refractivity contribution in [1.29, 1.82) is 0 Å². The standard InChI is InChI=1S/C18H26N4OS.HI/c1-14-21-16(13-24-14)12-22(3)18(19-2)20-10-6-8-15-7-5-9-17(11-15)23-4;/h5,7,9,11,13H,6,8,10,12H2,1-4H3,(H,19,20);1H. The van der Waals surface area contributed by atoms with Crippen LogP contribution in [0.4, 0.5) is 0 Å². The van der Waals surface area contributed by atoms with Gasteiger partial charge in [-0.25, -0.2) is 4.98 Å². The summed E-state index contributed by atoms with van der Waals surface area (Å²) in [4.78, 5) is 10.9. The van der Waals surface area contributed by atoms with E-state index in [0.717, 1.165) is 48.3 Å². The largest absolute Gasteiger partial charge is 0.497 e. The van der Waals surface area contributed by atoms with E-state index in [-0.39, 0.29) is 24.0 Å². The number of nitrogens with one attached hydrogen (secondary N) is 1. The van der Waals surface area contributed by atoms with Gasteiger partial charge < -0.3 is 15.0 Å². The highest BCUT2D eigenvalue weighted by atomic mass is 127. The number of methoxy groups -OCH3 is 1. The summed E-state index contributed by atoms with van der Waals surface area (Å²) in [5.41, 5.74) is 2.37. The second kappa shape index (κ2) is 11.3. The van der Waals surface area contributed by atoms with Gasteiger partial charge in [-0.1, -0.05) is 12.1 Å². The van der Waals surface area contributed by atoms with E-state index in [2.05, 4.69) is 37.7 Å². The van der Waals surface area contributed by atoms with Crippen LogP contribution in [0.15, 0.2) is 34.6 Å². The minimum absolute atomic E-state index is 0. The Balaban J connectivity index is 0.00000312. The van der Waals surface area contributed by atoms with Crippen molar-refractivity contribution in [3.8, 4) is 5.75 Å². The van der Waals surface area contributed by atoms with Crippen LogP contribution in [-0.4, -0.2) is 43.6 Å². The molecule has 2 rings (SSSR count). The molecule has 0 aliphatic heterocycles. The van der Waals surface area contributed by atoms with Gasteiger partial charge in [-0.2, -0.15) is 0 Å². The molecule has 0 bridgehead atoms. The van der Waals surface area contributed by atoms with Crippen LogP contribution in [0.3, 0.4) is 0 Å². The summed E-state index contributed by atoms with van der Waals surface area (Å²) in [5, 5.41) is 6.61. The van der Waals surface area contributed by atoms with Crippen molar-refractivity contribution in [3.63, 3.8) is 0 Å². The molecular formula is C18H27IN4OS. The number of ether oxygens (including phenoxy) is 1. The van der Waals surface area contributed by atoms with Gasteiger partial charge in [0.15, 0.2) is 5.96 Å². The maximum atomic E-state index is 5.26. The van der Waals surface area contributed by atoms with Gasteiger partial charge in [0, 0.05) is 26.0 Å². The lowest BCUT2D eigenvalue weighted by Crippen LogP contribution is -2.39. The molecule has 1 N–H and O–H groups in total. The zero-order chi connectivity index (χ0) is 17.4. The third kappa shape index (κ3) is 7.19. The van der Waals surface area contributed by atoms with Gasteiger partial charge in [-0.15, -0.1) is 35.3 Å². The Hall–Kier alpha value is -1.35. The van der Waals surface area contributed by atoms with Gasteiger partial charge in [-0.3, -0.25) is 4.99 Å². The van der Waals surface area contributed by atoms with Crippen LogP contribution in [-0.2, 0) is 13.0 Å². The number of halogens is 1. The van der Waals surface area contributed by atoms with Crippen LogP contribution in [0.5, 0.6) is 5.75 Å². The second-order valence-electron chi connectivity index (χ2n) is 5.64. The van der Waals surface area contributed by atoms with E-state index in [1.54, 1.807) is 18.4 Å². The first-order valence-corrected chi connectivity index (χ1v) is 8.96. The minimum atomic E-state index is 0. The molecule has 0 saturated carbocycles.